The predicted molar refractivity (Wildman–Crippen MR) is 106 cm³/mol. The topological polar surface area (TPSA) is 69.4 Å². The second-order valence-electron chi connectivity index (χ2n) is 6.39. The highest BCUT2D eigenvalue weighted by Crippen LogP contribution is 2.45. The number of ketones is 1. The highest BCUT2D eigenvalue weighted by molar-refractivity contribution is 9.11. The number of nitro groups is 1. The molecule has 0 radical (unpaired) electrons. The number of fused-ring (bicyclic) bond motifs is 1. The Morgan fingerprint density at radius 1 is 1.19 bits per heavy atom. The molecule has 0 saturated heterocycles. The summed E-state index contributed by atoms with van der Waals surface area (Å²) in [4.78, 5) is 23.6. The van der Waals surface area contributed by atoms with Crippen LogP contribution in [0.5, 0.6) is 5.75 Å². The third-order valence-corrected chi connectivity index (χ3v) is 5.58. The number of benzene rings is 2. The van der Waals surface area contributed by atoms with Crippen molar-refractivity contribution in [2.45, 2.75) is 38.2 Å². The number of rotatable bonds is 6. The van der Waals surface area contributed by atoms with Gasteiger partial charge in [-0.1, -0.05) is 41.4 Å². The molecule has 1 unspecified atom stereocenters. The Balaban J connectivity index is 1.97. The maximum atomic E-state index is 13.2. The van der Waals surface area contributed by atoms with Gasteiger partial charge in [-0.3, -0.25) is 14.9 Å². The smallest absolute Gasteiger partial charge is 0.269 e. The van der Waals surface area contributed by atoms with E-state index in [-0.39, 0.29) is 11.5 Å². The maximum absolute atomic E-state index is 13.2. The van der Waals surface area contributed by atoms with E-state index in [0.717, 1.165) is 27.4 Å². The number of carbonyl (C=O) groups excluding carboxylic acids is 1. The number of Topliss-reactive ketones (excluding diaryl/α,β-unsaturated/α-hetero) is 1. The Morgan fingerprint density at radius 2 is 1.88 bits per heavy atom. The number of unbranched alkanes of at least 4 members (excludes halogenated alkanes) is 1. The predicted octanol–water partition coefficient (Wildman–Crippen LogP) is 5.87. The molecule has 0 aromatic heterocycles. The van der Waals surface area contributed by atoms with Gasteiger partial charge in [0, 0.05) is 23.0 Å². The van der Waals surface area contributed by atoms with E-state index < -0.39 is 10.5 Å². The van der Waals surface area contributed by atoms with Gasteiger partial charge in [0.2, 0.25) is 5.78 Å². The number of nitro benzene ring substituents is 1. The van der Waals surface area contributed by atoms with Crippen molar-refractivity contribution in [3.05, 3.63) is 66.6 Å². The number of hydrogen-bond acceptors (Lipinski definition) is 4. The van der Waals surface area contributed by atoms with Crippen molar-refractivity contribution in [1.82, 2.24) is 0 Å². The van der Waals surface area contributed by atoms with E-state index in [9.17, 15) is 14.9 Å². The van der Waals surface area contributed by atoms with Crippen LogP contribution in [-0.2, 0) is 6.42 Å². The Morgan fingerprint density at radius 3 is 2.50 bits per heavy atom. The van der Waals surface area contributed by atoms with Crippen LogP contribution in [0, 0.1) is 10.1 Å². The minimum absolute atomic E-state index is 0.0324. The standard InChI is InChI=1S/C19H17Br2NO4/c1-2-3-8-19(11-12-4-6-14(7-5-12)22(24)25)18(23)15-9-13(20)10-16(21)17(15)26-19/h4-7,9-10H,2-3,8,11H2,1H3. The van der Waals surface area contributed by atoms with E-state index >= 15 is 0 Å². The first-order chi connectivity index (χ1) is 12.4. The molecule has 0 bridgehead atoms. The minimum Gasteiger partial charge on any atom is -0.477 e. The van der Waals surface area contributed by atoms with Gasteiger partial charge in [-0.2, -0.15) is 0 Å². The van der Waals surface area contributed by atoms with E-state index in [4.69, 9.17) is 4.74 Å². The molecule has 0 fully saturated rings. The molecule has 0 N–H and O–H groups in total. The first kappa shape index (κ1) is 19.0. The van der Waals surface area contributed by atoms with Gasteiger partial charge in [-0.15, -0.1) is 0 Å². The highest BCUT2D eigenvalue weighted by Gasteiger charge is 2.48. The van der Waals surface area contributed by atoms with Gasteiger partial charge in [0.1, 0.15) is 5.75 Å². The number of nitrogens with zero attached hydrogens (tertiary/aromatic N) is 1. The molecule has 26 heavy (non-hydrogen) atoms. The minimum atomic E-state index is -0.974. The first-order valence-electron chi connectivity index (χ1n) is 8.32. The van der Waals surface area contributed by atoms with Crippen molar-refractivity contribution in [1.29, 1.82) is 0 Å². The van der Waals surface area contributed by atoms with E-state index in [2.05, 4.69) is 38.8 Å². The highest BCUT2D eigenvalue weighted by atomic mass is 79.9. The Kier molecular flexibility index (Phi) is 5.48. The van der Waals surface area contributed by atoms with Crippen LogP contribution >= 0.6 is 31.9 Å². The average molecular weight is 483 g/mol. The Bertz CT molecular complexity index is 867. The quantitative estimate of drug-likeness (QED) is 0.381. The number of ether oxygens (including phenoxy) is 1. The zero-order chi connectivity index (χ0) is 18.9. The van der Waals surface area contributed by atoms with Gasteiger partial charge in [0.25, 0.3) is 5.69 Å². The summed E-state index contributed by atoms with van der Waals surface area (Å²) in [5.41, 5.74) is 0.454. The molecule has 0 spiro atoms. The summed E-state index contributed by atoms with van der Waals surface area (Å²) in [6.45, 7) is 2.07. The molecule has 2 aromatic rings. The van der Waals surface area contributed by atoms with Crippen LogP contribution in [0.2, 0.25) is 0 Å². The van der Waals surface area contributed by atoms with Gasteiger partial charge in [0.05, 0.1) is 15.0 Å². The van der Waals surface area contributed by atoms with Crippen molar-refractivity contribution in [3.8, 4) is 5.75 Å². The van der Waals surface area contributed by atoms with E-state index in [1.807, 2.05) is 6.07 Å². The molecular formula is C19H17Br2NO4. The number of hydrogen-bond donors (Lipinski definition) is 0. The van der Waals surface area contributed by atoms with Gasteiger partial charge >= 0.3 is 0 Å². The Labute approximate surface area is 168 Å². The summed E-state index contributed by atoms with van der Waals surface area (Å²) in [5.74, 6) is 0.525. The van der Waals surface area contributed by atoms with Crippen LogP contribution in [0.4, 0.5) is 5.69 Å². The fraction of sp³-hybridized carbons (Fsp3) is 0.316. The average Bonchev–Trinajstić information content (AvgIpc) is 2.87. The maximum Gasteiger partial charge on any atom is 0.269 e. The van der Waals surface area contributed by atoms with Crippen molar-refractivity contribution in [3.63, 3.8) is 0 Å². The summed E-state index contributed by atoms with van der Waals surface area (Å²) in [6.07, 6.45) is 2.77. The van der Waals surface area contributed by atoms with Crippen LogP contribution in [0.25, 0.3) is 0 Å². The third kappa shape index (κ3) is 3.55. The molecule has 0 aliphatic carbocycles. The fourth-order valence-corrected chi connectivity index (χ4v) is 4.52. The molecule has 3 rings (SSSR count). The molecule has 2 aromatic carbocycles. The second kappa shape index (κ2) is 7.48. The Hall–Kier alpha value is -1.73. The van der Waals surface area contributed by atoms with Gasteiger partial charge < -0.3 is 4.74 Å². The van der Waals surface area contributed by atoms with Crippen LogP contribution in [0.3, 0.4) is 0 Å². The number of non-ortho nitro benzene ring substituents is 1. The summed E-state index contributed by atoms with van der Waals surface area (Å²) in [5, 5.41) is 10.8. The van der Waals surface area contributed by atoms with Gasteiger partial charge in [-0.05, 0) is 46.5 Å². The lowest BCUT2D eigenvalue weighted by atomic mass is 9.84. The van der Waals surface area contributed by atoms with Crippen molar-refractivity contribution in [2.24, 2.45) is 0 Å². The molecule has 136 valence electrons. The molecule has 1 heterocycles. The van der Waals surface area contributed by atoms with Gasteiger partial charge in [0.15, 0.2) is 5.60 Å². The van der Waals surface area contributed by atoms with Crippen LogP contribution in [0.15, 0.2) is 45.3 Å². The molecule has 0 amide bonds. The van der Waals surface area contributed by atoms with Crippen molar-refractivity contribution < 1.29 is 14.5 Å². The van der Waals surface area contributed by atoms with E-state index in [0.29, 0.717) is 24.2 Å². The molecule has 1 aliphatic rings. The molecular weight excluding hydrogens is 466 g/mol. The summed E-state index contributed by atoms with van der Waals surface area (Å²) in [6, 6.07) is 9.94. The number of carbonyl (C=O) groups is 1. The summed E-state index contributed by atoms with van der Waals surface area (Å²) < 4.78 is 7.77. The molecule has 1 aliphatic heterocycles. The summed E-state index contributed by atoms with van der Waals surface area (Å²) >= 11 is 6.89. The van der Waals surface area contributed by atoms with Crippen LogP contribution in [-0.4, -0.2) is 16.3 Å². The van der Waals surface area contributed by atoms with Crippen LogP contribution < -0.4 is 4.74 Å². The lowest BCUT2D eigenvalue weighted by Crippen LogP contribution is -2.42. The van der Waals surface area contributed by atoms with E-state index in [1.54, 1.807) is 18.2 Å². The largest absolute Gasteiger partial charge is 0.477 e. The van der Waals surface area contributed by atoms with Crippen molar-refractivity contribution in [2.75, 3.05) is 0 Å². The van der Waals surface area contributed by atoms with Gasteiger partial charge in [-0.25, -0.2) is 0 Å². The molecule has 7 heteroatoms. The number of halogens is 2. The molecule has 5 nitrogen and oxygen atoms in total. The molecule has 0 saturated carbocycles. The second-order valence-corrected chi connectivity index (χ2v) is 8.16. The molecule has 1 atom stereocenters. The monoisotopic (exact) mass is 481 g/mol. The lowest BCUT2D eigenvalue weighted by molar-refractivity contribution is -0.384. The van der Waals surface area contributed by atoms with Crippen LogP contribution in [0.1, 0.15) is 42.1 Å². The lowest BCUT2D eigenvalue weighted by Gasteiger charge is -2.27. The zero-order valence-corrected chi connectivity index (χ0v) is 17.3. The SMILES string of the molecule is CCCCC1(Cc2ccc([N+](=O)[O-])cc2)Oc2c(Br)cc(Br)cc2C1=O. The zero-order valence-electron chi connectivity index (χ0n) is 14.1. The van der Waals surface area contributed by atoms with Crippen molar-refractivity contribution >= 4 is 43.3 Å². The fourth-order valence-electron chi connectivity index (χ4n) is 3.22. The normalized spacial score (nSPS) is 18.5. The van der Waals surface area contributed by atoms with E-state index in [1.165, 1.54) is 12.1 Å². The summed E-state index contributed by atoms with van der Waals surface area (Å²) in [7, 11) is 0. The third-order valence-electron chi connectivity index (χ3n) is 4.54. The first-order valence-corrected chi connectivity index (χ1v) is 9.91.